The Hall–Kier alpha value is -2.19. The van der Waals surface area contributed by atoms with E-state index in [1.54, 1.807) is 6.20 Å². The van der Waals surface area contributed by atoms with Crippen molar-refractivity contribution in [2.75, 3.05) is 6.54 Å². The third kappa shape index (κ3) is 4.14. The van der Waals surface area contributed by atoms with Crippen LogP contribution in [0.5, 0.6) is 0 Å². The van der Waals surface area contributed by atoms with E-state index in [2.05, 4.69) is 30.2 Å². The number of imidazole rings is 1. The predicted octanol–water partition coefficient (Wildman–Crippen LogP) is 2.69. The highest BCUT2D eigenvalue weighted by molar-refractivity contribution is 5.38. The molecule has 0 unspecified atom stereocenters. The zero-order valence-corrected chi connectivity index (χ0v) is 12.3. The van der Waals surface area contributed by atoms with Gasteiger partial charge >= 0.3 is 0 Å². The van der Waals surface area contributed by atoms with Gasteiger partial charge in [-0.15, -0.1) is 0 Å². The van der Waals surface area contributed by atoms with Crippen LogP contribution in [0.15, 0.2) is 30.6 Å². The summed E-state index contributed by atoms with van der Waals surface area (Å²) in [6, 6.07) is 6.32. The summed E-state index contributed by atoms with van der Waals surface area (Å²) in [5.74, 6) is 1.12. The minimum Gasteiger partial charge on any atom is -0.329 e. The molecule has 0 atom stereocenters. The van der Waals surface area contributed by atoms with E-state index in [1.807, 2.05) is 10.8 Å². The Morgan fingerprint density at radius 1 is 1.43 bits per heavy atom. The van der Waals surface area contributed by atoms with E-state index < -0.39 is 0 Å². The van der Waals surface area contributed by atoms with E-state index >= 15 is 0 Å². The molecule has 2 rings (SSSR count). The van der Waals surface area contributed by atoms with Gasteiger partial charge in [-0.1, -0.05) is 13.8 Å². The third-order valence-corrected chi connectivity index (χ3v) is 3.17. The summed E-state index contributed by atoms with van der Waals surface area (Å²) in [6.45, 7) is 6.30. The normalized spacial score (nSPS) is 10.8. The predicted molar refractivity (Wildman–Crippen MR) is 79.0 cm³/mol. The molecular weight excluding hydrogens is 267 g/mol. The highest BCUT2D eigenvalue weighted by Crippen LogP contribution is 2.13. The summed E-state index contributed by atoms with van der Waals surface area (Å²) in [5, 5.41) is 12.4. The zero-order valence-electron chi connectivity index (χ0n) is 12.3. The maximum atomic E-state index is 13.4. The molecular formula is C16H19FN4. The van der Waals surface area contributed by atoms with Crippen LogP contribution in [-0.2, 0) is 13.1 Å². The average Bonchev–Trinajstić information content (AvgIpc) is 2.86. The van der Waals surface area contributed by atoms with Crippen molar-refractivity contribution in [3.63, 3.8) is 0 Å². The molecule has 110 valence electrons. The van der Waals surface area contributed by atoms with Gasteiger partial charge in [0.2, 0.25) is 0 Å². The highest BCUT2D eigenvalue weighted by Gasteiger charge is 2.08. The number of nitrogens with one attached hydrogen (secondary N) is 1. The first-order chi connectivity index (χ1) is 10.1. The third-order valence-electron chi connectivity index (χ3n) is 3.17. The van der Waals surface area contributed by atoms with E-state index in [0.29, 0.717) is 30.1 Å². The number of nitriles is 1. The van der Waals surface area contributed by atoms with Gasteiger partial charge in [-0.05, 0) is 36.2 Å². The molecule has 1 aromatic heterocycles. The fraction of sp³-hybridized carbons (Fsp3) is 0.375. The van der Waals surface area contributed by atoms with Gasteiger partial charge < -0.3 is 9.88 Å². The molecule has 0 aliphatic heterocycles. The molecule has 0 saturated carbocycles. The van der Waals surface area contributed by atoms with E-state index in [4.69, 9.17) is 5.26 Å². The summed E-state index contributed by atoms with van der Waals surface area (Å²) in [4.78, 5) is 4.31. The van der Waals surface area contributed by atoms with E-state index in [-0.39, 0.29) is 5.82 Å². The molecule has 0 radical (unpaired) electrons. The molecule has 21 heavy (non-hydrogen) atoms. The lowest BCUT2D eigenvalue weighted by Crippen LogP contribution is -2.21. The van der Waals surface area contributed by atoms with Crippen molar-refractivity contribution in [2.24, 2.45) is 5.92 Å². The number of hydrogen-bond acceptors (Lipinski definition) is 3. The van der Waals surface area contributed by atoms with Crippen molar-refractivity contribution in [3.05, 3.63) is 53.4 Å². The van der Waals surface area contributed by atoms with Crippen LogP contribution in [0, 0.1) is 23.1 Å². The number of rotatable bonds is 6. The van der Waals surface area contributed by atoms with E-state index in [0.717, 1.165) is 12.4 Å². The minimum absolute atomic E-state index is 0.330. The van der Waals surface area contributed by atoms with Crippen molar-refractivity contribution >= 4 is 0 Å². The lowest BCUT2D eigenvalue weighted by atomic mass is 10.1. The van der Waals surface area contributed by atoms with Crippen LogP contribution in [0.25, 0.3) is 0 Å². The molecule has 0 spiro atoms. The maximum absolute atomic E-state index is 13.4. The molecule has 0 fully saturated rings. The lowest BCUT2D eigenvalue weighted by molar-refractivity contribution is 0.532. The highest BCUT2D eigenvalue weighted by atomic mass is 19.1. The number of benzene rings is 1. The lowest BCUT2D eigenvalue weighted by Gasteiger charge is -2.11. The second-order valence-electron chi connectivity index (χ2n) is 5.41. The first-order valence-corrected chi connectivity index (χ1v) is 6.99. The molecule has 1 aromatic carbocycles. The van der Waals surface area contributed by atoms with Crippen molar-refractivity contribution in [1.29, 1.82) is 5.26 Å². The Morgan fingerprint density at radius 2 is 2.24 bits per heavy atom. The van der Waals surface area contributed by atoms with Gasteiger partial charge in [0, 0.05) is 12.4 Å². The molecule has 0 amide bonds. The Morgan fingerprint density at radius 3 is 2.95 bits per heavy atom. The van der Waals surface area contributed by atoms with Crippen LogP contribution in [0.4, 0.5) is 4.39 Å². The Bertz CT molecular complexity index is 640. The van der Waals surface area contributed by atoms with Gasteiger partial charge in [-0.25, -0.2) is 9.37 Å². The topological polar surface area (TPSA) is 53.6 Å². The number of nitrogens with zero attached hydrogens (tertiary/aromatic N) is 3. The van der Waals surface area contributed by atoms with Gasteiger partial charge in [-0.3, -0.25) is 0 Å². The fourth-order valence-electron chi connectivity index (χ4n) is 2.11. The summed E-state index contributed by atoms with van der Waals surface area (Å²) in [7, 11) is 0. The second-order valence-corrected chi connectivity index (χ2v) is 5.41. The Kier molecular flexibility index (Phi) is 5.07. The van der Waals surface area contributed by atoms with Gasteiger partial charge in [0.05, 0.1) is 24.7 Å². The molecule has 1 N–H and O–H groups in total. The van der Waals surface area contributed by atoms with Gasteiger partial charge in [0.25, 0.3) is 0 Å². The molecule has 0 saturated heterocycles. The SMILES string of the molecule is CC(C)CNCc1nccn1Cc1cc(F)ccc1C#N. The van der Waals surface area contributed by atoms with Gasteiger partial charge in [-0.2, -0.15) is 5.26 Å². The van der Waals surface area contributed by atoms with Gasteiger partial charge in [0.1, 0.15) is 11.6 Å². The second kappa shape index (κ2) is 7.00. The fourth-order valence-corrected chi connectivity index (χ4v) is 2.11. The molecule has 2 aromatic rings. The summed E-state index contributed by atoms with van der Waals surface area (Å²) in [5.41, 5.74) is 1.16. The summed E-state index contributed by atoms with van der Waals surface area (Å²) < 4.78 is 15.3. The smallest absolute Gasteiger partial charge is 0.123 e. The summed E-state index contributed by atoms with van der Waals surface area (Å²) >= 11 is 0. The molecule has 0 bridgehead atoms. The molecule has 5 heteroatoms. The van der Waals surface area contributed by atoms with Crippen LogP contribution in [-0.4, -0.2) is 16.1 Å². The standard InChI is InChI=1S/C16H19FN4/c1-12(2)9-19-10-16-20-5-6-21(16)11-14-7-15(17)4-3-13(14)8-18/h3-7,12,19H,9-11H2,1-2H3. The minimum atomic E-state index is -0.330. The van der Waals surface area contributed by atoms with Gasteiger partial charge in [0.15, 0.2) is 0 Å². The largest absolute Gasteiger partial charge is 0.329 e. The number of aromatic nitrogens is 2. The Balaban J connectivity index is 2.12. The number of halogens is 1. The van der Waals surface area contributed by atoms with Crippen molar-refractivity contribution in [3.8, 4) is 6.07 Å². The Labute approximate surface area is 124 Å². The van der Waals surface area contributed by atoms with Crippen LogP contribution < -0.4 is 5.32 Å². The summed E-state index contributed by atoms with van der Waals surface area (Å²) in [6.07, 6.45) is 3.57. The molecule has 4 nitrogen and oxygen atoms in total. The molecule has 0 aliphatic rings. The van der Waals surface area contributed by atoms with Crippen molar-refractivity contribution in [2.45, 2.75) is 26.9 Å². The van der Waals surface area contributed by atoms with Crippen LogP contribution in [0.1, 0.15) is 30.8 Å². The van der Waals surface area contributed by atoms with Crippen LogP contribution in [0.2, 0.25) is 0 Å². The molecule has 0 aliphatic carbocycles. The van der Waals surface area contributed by atoms with Crippen molar-refractivity contribution in [1.82, 2.24) is 14.9 Å². The van der Waals surface area contributed by atoms with Crippen molar-refractivity contribution < 1.29 is 4.39 Å². The monoisotopic (exact) mass is 286 g/mol. The quantitative estimate of drug-likeness (QED) is 0.888. The maximum Gasteiger partial charge on any atom is 0.123 e. The van der Waals surface area contributed by atoms with E-state index in [1.165, 1.54) is 18.2 Å². The van der Waals surface area contributed by atoms with Crippen LogP contribution in [0.3, 0.4) is 0 Å². The zero-order chi connectivity index (χ0) is 15.2. The van der Waals surface area contributed by atoms with Crippen LogP contribution >= 0.6 is 0 Å². The molecule has 1 heterocycles. The first-order valence-electron chi connectivity index (χ1n) is 6.99. The average molecular weight is 286 g/mol. The first kappa shape index (κ1) is 15.2. The van der Waals surface area contributed by atoms with E-state index in [9.17, 15) is 4.39 Å². The number of hydrogen-bond donors (Lipinski definition) is 1.